The summed E-state index contributed by atoms with van der Waals surface area (Å²) in [6, 6.07) is 23.7. The molecule has 0 atom stereocenters. The number of hydrogen-bond acceptors (Lipinski definition) is 4. The van der Waals surface area contributed by atoms with Gasteiger partial charge in [-0.05, 0) is 54.0 Å². The third-order valence-electron chi connectivity index (χ3n) is 4.19. The minimum Gasteiger partial charge on any atom is -0.489 e. The Hall–Kier alpha value is -3.91. The molecule has 3 aromatic carbocycles. The van der Waals surface area contributed by atoms with Crippen molar-refractivity contribution in [3.05, 3.63) is 105 Å². The van der Waals surface area contributed by atoms with Crippen LogP contribution in [0.25, 0.3) is 11.6 Å². The lowest BCUT2D eigenvalue weighted by Crippen LogP contribution is -1.95. The molecular weight excluding hydrogens is 352 g/mol. The van der Waals surface area contributed by atoms with Gasteiger partial charge in [-0.3, -0.25) is 10.1 Å². The van der Waals surface area contributed by atoms with Crippen molar-refractivity contribution >= 4 is 17.3 Å². The summed E-state index contributed by atoms with van der Waals surface area (Å²) >= 11 is 0. The number of benzene rings is 3. The van der Waals surface area contributed by atoms with Gasteiger partial charge in [0.1, 0.15) is 12.4 Å². The zero-order chi connectivity index (χ0) is 19.9. The van der Waals surface area contributed by atoms with Gasteiger partial charge < -0.3 is 4.74 Å². The van der Waals surface area contributed by atoms with Crippen molar-refractivity contribution in [1.29, 1.82) is 5.26 Å². The largest absolute Gasteiger partial charge is 0.489 e. The molecule has 0 bridgehead atoms. The molecule has 0 amide bonds. The van der Waals surface area contributed by atoms with Crippen LogP contribution in [0.15, 0.2) is 72.8 Å². The molecule has 0 saturated carbocycles. The Balaban J connectivity index is 1.71. The first-order chi connectivity index (χ1) is 13.5. The Kier molecular flexibility index (Phi) is 5.83. The SMILES string of the molecule is Cc1cccc(COc2ccc(C=C(C#N)c3ccc([N+](=O)[O-])cc3)cc2)c1. The van der Waals surface area contributed by atoms with Gasteiger partial charge >= 0.3 is 0 Å². The predicted octanol–water partition coefficient (Wildman–Crippen LogP) is 5.55. The molecular formula is C23H18N2O3. The average molecular weight is 370 g/mol. The van der Waals surface area contributed by atoms with Gasteiger partial charge in [-0.2, -0.15) is 5.26 Å². The molecule has 0 radical (unpaired) electrons. The standard InChI is InChI=1S/C23H18N2O3/c1-17-3-2-4-19(13-17)16-28-23-11-5-18(6-12-23)14-21(15-24)20-7-9-22(10-8-20)25(26)27/h2-14H,16H2,1H3. The first-order valence-corrected chi connectivity index (χ1v) is 8.70. The molecule has 0 N–H and O–H groups in total. The van der Waals surface area contributed by atoms with Gasteiger partial charge in [0.15, 0.2) is 0 Å². The topological polar surface area (TPSA) is 76.2 Å². The van der Waals surface area contributed by atoms with Crippen molar-refractivity contribution in [1.82, 2.24) is 0 Å². The number of rotatable bonds is 6. The van der Waals surface area contributed by atoms with Gasteiger partial charge in [0.25, 0.3) is 5.69 Å². The number of ether oxygens (including phenoxy) is 1. The first kappa shape index (κ1) is 18.9. The normalized spacial score (nSPS) is 10.9. The van der Waals surface area contributed by atoms with E-state index in [1.54, 1.807) is 18.2 Å². The van der Waals surface area contributed by atoms with E-state index in [-0.39, 0.29) is 5.69 Å². The van der Waals surface area contributed by atoms with Crippen LogP contribution in [0.2, 0.25) is 0 Å². The van der Waals surface area contributed by atoms with Crippen LogP contribution >= 0.6 is 0 Å². The Morgan fingerprint density at radius 1 is 1.11 bits per heavy atom. The number of hydrogen-bond donors (Lipinski definition) is 0. The van der Waals surface area contributed by atoms with Gasteiger partial charge in [0.05, 0.1) is 16.6 Å². The molecule has 0 aromatic heterocycles. The summed E-state index contributed by atoms with van der Waals surface area (Å²) in [7, 11) is 0. The molecule has 3 aromatic rings. The minimum absolute atomic E-state index is 0.00356. The Morgan fingerprint density at radius 2 is 1.82 bits per heavy atom. The van der Waals surface area contributed by atoms with Crippen molar-refractivity contribution < 1.29 is 9.66 Å². The maximum atomic E-state index is 10.7. The van der Waals surface area contributed by atoms with E-state index in [9.17, 15) is 15.4 Å². The van der Waals surface area contributed by atoms with Crippen LogP contribution in [0.1, 0.15) is 22.3 Å². The van der Waals surface area contributed by atoms with E-state index in [0.717, 1.165) is 16.9 Å². The summed E-state index contributed by atoms with van der Waals surface area (Å²) in [5, 5.41) is 20.2. The van der Waals surface area contributed by atoms with Gasteiger partial charge in [0.2, 0.25) is 0 Å². The average Bonchev–Trinajstić information content (AvgIpc) is 2.71. The molecule has 0 unspecified atom stereocenters. The predicted molar refractivity (Wildman–Crippen MR) is 109 cm³/mol. The van der Waals surface area contributed by atoms with Gasteiger partial charge in [-0.15, -0.1) is 0 Å². The van der Waals surface area contributed by atoms with Crippen LogP contribution in [-0.2, 0) is 6.61 Å². The zero-order valence-electron chi connectivity index (χ0n) is 15.3. The van der Waals surface area contributed by atoms with Gasteiger partial charge in [-0.1, -0.05) is 42.0 Å². The van der Waals surface area contributed by atoms with Crippen LogP contribution in [0.4, 0.5) is 5.69 Å². The van der Waals surface area contributed by atoms with Crippen LogP contribution in [0.3, 0.4) is 0 Å². The van der Waals surface area contributed by atoms with Crippen molar-refractivity contribution in [3.63, 3.8) is 0 Å². The Morgan fingerprint density at radius 3 is 2.43 bits per heavy atom. The fraction of sp³-hybridized carbons (Fsp3) is 0.0870. The summed E-state index contributed by atoms with van der Waals surface area (Å²) < 4.78 is 5.80. The van der Waals surface area contributed by atoms with E-state index in [0.29, 0.717) is 17.7 Å². The van der Waals surface area contributed by atoms with E-state index in [4.69, 9.17) is 4.74 Å². The molecule has 28 heavy (non-hydrogen) atoms. The number of nitriles is 1. The van der Waals surface area contributed by atoms with E-state index in [1.807, 2.05) is 49.4 Å². The van der Waals surface area contributed by atoms with Gasteiger partial charge in [-0.25, -0.2) is 0 Å². The molecule has 0 spiro atoms. The van der Waals surface area contributed by atoms with Crippen LogP contribution < -0.4 is 4.74 Å². The lowest BCUT2D eigenvalue weighted by atomic mass is 10.0. The number of nitrogens with zero attached hydrogens (tertiary/aromatic N) is 2. The first-order valence-electron chi connectivity index (χ1n) is 8.70. The highest BCUT2D eigenvalue weighted by Crippen LogP contribution is 2.22. The zero-order valence-corrected chi connectivity index (χ0v) is 15.3. The van der Waals surface area contributed by atoms with Crippen LogP contribution in [0, 0.1) is 28.4 Å². The summed E-state index contributed by atoms with van der Waals surface area (Å²) in [4.78, 5) is 10.3. The maximum Gasteiger partial charge on any atom is 0.269 e. The minimum atomic E-state index is -0.463. The molecule has 5 nitrogen and oxygen atoms in total. The van der Waals surface area contributed by atoms with Crippen molar-refractivity contribution in [2.24, 2.45) is 0 Å². The lowest BCUT2D eigenvalue weighted by molar-refractivity contribution is -0.384. The van der Waals surface area contributed by atoms with Crippen LogP contribution in [0.5, 0.6) is 5.75 Å². The number of nitro benzene ring substituents is 1. The molecule has 0 aliphatic heterocycles. The Labute approximate surface area is 163 Å². The molecule has 0 aliphatic rings. The summed E-state index contributed by atoms with van der Waals surface area (Å²) in [5.74, 6) is 0.743. The quantitative estimate of drug-likeness (QED) is 0.247. The summed E-state index contributed by atoms with van der Waals surface area (Å²) in [6.45, 7) is 2.53. The van der Waals surface area contributed by atoms with E-state index in [2.05, 4.69) is 12.1 Å². The molecule has 138 valence electrons. The summed E-state index contributed by atoms with van der Waals surface area (Å²) in [5.41, 5.74) is 4.20. The maximum absolute atomic E-state index is 10.7. The molecule has 0 heterocycles. The second-order valence-electron chi connectivity index (χ2n) is 6.32. The van der Waals surface area contributed by atoms with Crippen molar-refractivity contribution in [2.45, 2.75) is 13.5 Å². The van der Waals surface area contributed by atoms with Crippen LogP contribution in [-0.4, -0.2) is 4.92 Å². The lowest BCUT2D eigenvalue weighted by Gasteiger charge is -2.07. The Bertz CT molecular complexity index is 1050. The van der Waals surface area contributed by atoms with E-state index < -0.39 is 4.92 Å². The fourth-order valence-electron chi connectivity index (χ4n) is 2.74. The van der Waals surface area contributed by atoms with Gasteiger partial charge in [0, 0.05) is 12.1 Å². The molecule has 5 heteroatoms. The smallest absolute Gasteiger partial charge is 0.269 e. The number of non-ortho nitro benzene ring substituents is 1. The molecule has 0 fully saturated rings. The fourth-order valence-corrected chi connectivity index (χ4v) is 2.74. The summed E-state index contributed by atoms with van der Waals surface area (Å²) in [6.07, 6.45) is 1.74. The molecule has 0 aliphatic carbocycles. The number of aryl methyl sites for hydroxylation is 1. The highest BCUT2D eigenvalue weighted by atomic mass is 16.6. The number of allylic oxidation sites excluding steroid dienone is 1. The second kappa shape index (κ2) is 8.65. The van der Waals surface area contributed by atoms with Crippen molar-refractivity contribution in [3.8, 4) is 11.8 Å². The molecule has 3 rings (SSSR count). The van der Waals surface area contributed by atoms with Crippen molar-refractivity contribution in [2.75, 3.05) is 0 Å². The monoisotopic (exact) mass is 370 g/mol. The number of nitro groups is 1. The third kappa shape index (κ3) is 4.83. The highest BCUT2D eigenvalue weighted by Gasteiger charge is 2.07. The molecule has 0 saturated heterocycles. The van der Waals surface area contributed by atoms with E-state index >= 15 is 0 Å². The second-order valence-corrected chi connectivity index (χ2v) is 6.32. The third-order valence-corrected chi connectivity index (χ3v) is 4.19. The van der Waals surface area contributed by atoms with E-state index in [1.165, 1.54) is 17.7 Å². The highest BCUT2D eigenvalue weighted by molar-refractivity contribution is 5.89.